The van der Waals surface area contributed by atoms with E-state index in [9.17, 15) is 4.79 Å². The van der Waals surface area contributed by atoms with E-state index in [1.807, 2.05) is 9.83 Å². The summed E-state index contributed by atoms with van der Waals surface area (Å²) in [7, 11) is 0. The molecule has 0 amide bonds. The van der Waals surface area contributed by atoms with Crippen LogP contribution in [-0.4, -0.2) is 37.3 Å². The Hall–Kier alpha value is -0.310. The van der Waals surface area contributed by atoms with Gasteiger partial charge in [0.25, 0.3) is 0 Å². The summed E-state index contributed by atoms with van der Waals surface area (Å²) in [5, 5.41) is 8.44. The van der Waals surface area contributed by atoms with E-state index in [4.69, 9.17) is 5.11 Å². The Morgan fingerprint density at radius 3 is 2.78 bits per heavy atom. The second kappa shape index (κ2) is 3.01. The van der Waals surface area contributed by atoms with Gasteiger partial charge in [-0.05, 0) is 0 Å². The van der Waals surface area contributed by atoms with Crippen LogP contribution in [0.25, 0.3) is 0 Å². The zero-order chi connectivity index (χ0) is 6.69. The molecular formula is C6H5InO2. The zero-order valence-corrected chi connectivity index (χ0v) is 8.04. The number of allylic oxidation sites excluding steroid dienone is 2. The molecule has 0 aromatic rings. The fourth-order valence-electron chi connectivity index (χ4n) is 0.581. The summed E-state index contributed by atoms with van der Waals surface area (Å²) < 4.78 is 3.97. The molecule has 0 spiro atoms. The minimum atomic E-state index is -0.800. The van der Waals surface area contributed by atoms with Crippen molar-refractivity contribution in [3.8, 4) is 0 Å². The molecule has 2 nitrogen and oxygen atoms in total. The van der Waals surface area contributed by atoms with Crippen molar-refractivity contribution >= 4 is 32.2 Å². The van der Waals surface area contributed by atoms with E-state index in [1.165, 1.54) is 0 Å². The molecule has 0 atom stereocenters. The summed E-state index contributed by atoms with van der Waals surface area (Å²) in [6.45, 7) is 0. The van der Waals surface area contributed by atoms with Crippen LogP contribution in [0, 0.1) is 0 Å². The first-order chi connectivity index (χ1) is 4.30. The zero-order valence-electron chi connectivity index (χ0n) is 4.74. The van der Waals surface area contributed by atoms with Crippen LogP contribution in [0.1, 0.15) is 0 Å². The Kier molecular flexibility index (Phi) is 2.28. The summed E-state index contributed by atoms with van der Waals surface area (Å²) >= 11 is -0.730. The van der Waals surface area contributed by atoms with Gasteiger partial charge in [-0.3, -0.25) is 0 Å². The predicted octanol–water partition coefficient (Wildman–Crippen LogP) is 0.0311. The normalized spacial score (nSPS) is 14.4. The van der Waals surface area contributed by atoms with Crippen LogP contribution in [0.2, 0.25) is 0 Å². The third-order valence-corrected chi connectivity index (χ3v) is 3.86. The Balaban J connectivity index is 2.84. The molecule has 44 valence electrons. The monoisotopic (exact) mass is 224 g/mol. The molecule has 0 saturated carbocycles. The van der Waals surface area contributed by atoms with E-state index in [1.54, 1.807) is 6.08 Å². The number of carboxylic acids is 1. The van der Waals surface area contributed by atoms with Crippen molar-refractivity contribution in [2.24, 2.45) is 0 Å². The van der Waals surface area contributed by atoms with E-state index in [0.717, 1.165) is 0 Å². The summed E-state index contributed by atoms with van der Waals surface area (Å²) in [5.41, 5.74) is 0.471. The number of hydrogen-bond acceptors (Lipinski definition) is 1. The molecule has 0 bridgehead atoms. The van der Waals surface area contributed by atoms with Gasteiger partial charge in [-0.1, -0.05) is 0 Å². The maximum atomic E-state index is 10.3. The van der Waals surface area contributed by atoms with Crippen LogP contribution in [0.4, 0.5) is 0 Å². The van der Waals surface area contributed by atoms with Crippen LogP contribution >= 0.6 is 0 Å². The Morgan fingerprint density at radius 1 is 1.67 bits per heavy atom. The van der Waals surface area contributed by atoms with Gasteiger partial charge in [-0.2, -0.15) is 0 Å². The molecule has 1 rings (SSSR count). The topological polar surface area (TPSA) is 37.3 Å². The van der Waals surface area contributed by atoms with Gasteiger partial charge in [0.1, 0.15) is 0 Å². The average Bonchev–Trinajstić information content (AvgIpc) is 1.90. The van der Waals surface area contributed by atoms with E-state index in [2.05, 4.69) is 3.83 Å². The van der Waals surface area contributed by atoms with Crippen molar-refractivity contribution in [3.05, 3.63) is 21.6 Å². The number of carbonyl (C=O) groups is 1. The van der Waals surface area contributed by atoms with Crippen molar-refractivity contribution in [1.82, 2.24) is 0 Å². The molecule has 9 heavy (non-hydrogen) atoms. The fraction of sp³-hybridized carbons (Fsp3) is 0. The van der Waals surface area contributed by atoms with Gasteiger partial charge in [0.15, 0.2) is 0 Å². The molecule has 0 unspecified atom stereocenters. The molecule has 1 N–H and O–H groups in total. The van der Waals surface area contributed by atoms with E-state index < -0.39 is 28.4 Å². The van der Waals surface area contributed by atoms with Gasteiger partial charge in [0.05, 0.1) is 0 Å². The first-order valence-electron chi connectivity index (χ1n) is 2.59. The molecule has 3 heteroatoms. The van der Waals surface area contributed by atoms with Gasteiger partial charge >= 0.3 is 63.6 Å². The maximum absolute atomic E-state index is 10.3. The molecule has 0 fully saturated rings. The molecule has 1 aliphatic heterocycles. The van der Waals surface area contributed by atoms with Crippen molar-refractivity contribution in [3.63, 3.8) is 0 Å². The van der Waals surface area contributed by atoms with Gasteiger partial charge in [-0.15, -0.1) is 0 Å². The second-order valence-electron chi connectivity index (χ2n) is 1.67. The van der Waals surface area contributed by atoms with Crippen molar-refractivity contribution < 1.29 is 9.90 Å². The molecule has 0 aromatic heterocycles. The molecule has 0 radical (unpaired) electrons. The number of hydrogen-bond donors (Lipinski definition) is 1. The van der Waals surface area contributed by atoms with Gasteiger partial charge in [-0.25, -0.2) is 0 Å². The van der Waals surface area contributed by atoms with Gasteiger partial charge in [0.2, 0.25) is 0 Å². The van der Waals surface area contributed by atoms with E-state index in [0.29, 0.717) is 5.57 Å². The standard InChI is InChI=1S/C6H5O2.In/c1-3-4-5(2)6(7)8;/h1-4H,(H,7,8);. The third-order valence-electron chi connectivity index (χ3n) is 1.02. The molecule has 0 aliphatic carbocycles. The van der Waals surface area contributed by atoms with Crippen LogP contribution in [0.5, 0.6) is 0 Å². The van der Waals surface area contributed by atoms with Crippen molar-refractivity contribution in [2.45, 2.75) is 0 Å². The van der Waals surface area contributed by atoms with Crippen LogP contribution in [0.3, 0.4) is 0 Å². The Bertz CT molecular complexity index is 213. The number of rotatable bonds is 1. The summed E-state index contributed by atoms with van der Waals surface area (Å²) in [6.07, 6.45) is 3.47. The number of aliphatic carboxylic acids is 1. The van der Waals surface area contributed by atoms with Gasteiger partial charge in [0, 0.05) is 0 Å². The van der Waals surface area contributed by atoms with E-state index in [-0.39, 0.29) is 0 Å². The van der Waals surface area contributed by atoms with Gasteiger partial charge < -0.3 is 0 Å². The average molecular weight is 224 g/mol. The summed E-state index contributed by atoms with van der Waals surface area (Å²) in [6, 6.07) is 0. The molecular weight excluding hydrogens is 219 g/mol. The molecule has 1 heterocycles. The second-order valence-corrected chi connectivity index (χ2v) is 4.82. The van der Waals surface area contributed by atoms with Crippen LogP contribution < -0.4 is 0 Å². The van der Waals surface area contributed by atoms with Crippen LogP contribution in [0.15, 0.2) is 21.6 Å². The van der Waals surface area contributed by atoms with Crippen molar-refractivity contribution in [2.75, 3.05) is 0 Å². The molecule has 0 aromatic carbocycles. The van der Waals surface area contributed by atoms with Crippen molar-refractivity contribution in [1.29, 1.82) is 0 Å². The first kappa shape index (κ1) is 6.81. The fourth-order valence-corrected chi connectivity index (χ4v) is 2.90. The van der Waals surface area contributed by atoms with Crippen LogP contribution in [-0.2, 0) is 4.79 Å². The third kappa shape index (κ3) is 1.82. The van der Waals surface area contributed by atoms with E-state index >= 15 is 0 Å². The molecule has 1 aliphatic rings. The quantitative estimate of drug-likeness (QED) is 0.682. The Labute approximate surface area is 63.7 Å². The number of carboxylic acid groups (broad SMARTS) is 1. The predicted molar refractivity (Wildman–Crippen MR) is 36.7 cm³/mol. The summed E-state index contributed by atoms with van der Waals surface area (Å²) in [4.78, 5) is 10.3. The SMILES string of the molecule is O=C(O)C1=CC=[CH][In]=[CH]1. The molecule has 0 saturated heterocycles. The Morgan fingerprint density at radius 2 is 2.44 bits per heavy atom. The minimum absolute atomic E-state index is 0.471. The summed E-state index contributed by atoms with van der Waals surface area (Å²) in [5.74, 6) is -0.800. The first-order valence-corrected chi connectivity index (χ1v) is 6.39.